The fraction of sp³-hybridized carbons (Fsp3) is 0.138. The summed E-state index contributed by atoms with van der Waals surface area (Å²) in [5.74, 6) is 0.220. The molecule has 0 saturated carbocycles. The van der Waals surface area contributed by atoms with Gasteiger partial charge in [-0.05, 0) is 48.0 Å². The Morgan fingerprint density at radius 1 is 1.05 bits per heavy atom. The first-order valence-corrected chi connectivity index (χ1v) is 13.1. The van der Waals surface area contributed by atoms with Gasteiger partial charge in [-0.25, -0.2) is 9.07 Å². The molecule has 2 heterocycles. The zero-order valence-corrected chi connectivity index (χ0v) is 22.2. The summed E-state index contributed by atoms with van der Waals surface area (Å²) in [6.07, 6.45) is 3.73. The summed E-state index contributed by atoms with van der Waals surface area (Å²) in [5.41, 5.74) is 4.06. The van der Waals surface area contributed by atoms with Crippen molar-refractivity contribution >= 4 is 40.3 Å². The van der Waals surface area contributed by atoms with E-state index in [-0.39, 0.29) is 11.7 Å². The highest BCUT2D eigenvalue weighted by Crippen LogP contribution is 2.35. The van der Waals surface area contributed by atoms with Crippen molar-refractivity contribution in [3.05, 3.63) is 107 Å². The van der Waals surface area contributed by atoms with Crippen LogP contribution in [0.25, 0.3) is 23.0 Å². The minimum Gasteiger partial charge on any atom is -0.489 e. The van der Waals surface area contributed by atoms with E-state index in [0.29, 0.717) is 40.4 Å². The van der Waals surface area contributed by atoms with Crippen molar-refractivity contribution in [2.45, 2.75) is 6.61 Å². The Morgan fingerprint density at radius 3 is 2.61 bits per heavy atom. The van der Waals surface area contributed by atoms with Crippen molar-refractivity contribution in [1.29, 1.82) is 0 Å². The summed E-state index contributed by atoms with van der Waals surface area (Å²) in [5, 5.41) is 4.86. The molecule has 1 fully saturated rings. The molecule has 0 aliphatic carbocycles. The van der Waals surface area contributed by atoms with Gasteiger partial charge in [0.15, 0.2) is 0 Å². The molecule has 1 amide bonds. The van der Waals surface area contributed by atoms with Crippen molar-refractivity contribution in [3.8, 4) is 22.7 Å². The third-order valence-corrected chi connectivity index (χ3v) is 7.25. The molecule has 0 spiro atoms. The third-order valence-electron chi connectivity index (χ3n) is 5.87. The fourth-order valence-corrected chi connectivity index (χ4v) is 5.23. The maximum Gasteiger partial charge on any atom is 0.266 e. The molecule has 3 aromatic carbocycles. The summed E-state index contributed by atoms with van der Waals surface area (Å²) in [4.78, 5) is 15.2. The summed E-state index contributed by atoms with van der Waals surface area (Å²) >= 11 is 6.71. The number of carbonyl (C=O) groups excluding carboxylic acids is 1. The van der Waals surface area contributed by atoms with E-state index >= 15 is 0 Å². The summed E-state index contributed by atoms with van der Waals surface area (Å²) < 4.78 is 26.6. The van der Waals surface area contributed by atoms with Gasteiger partial charge in [-0.1, -0.05) is 66.4 Å². The first-order valence-electron chi connectivity index (χ1n) is 11.9. The van der Waals surface area contributed by atoms with Crippen molar-refractivity contribution in [2.24, 2.45) is 0 Å². The maximum absolute atomic E-state index is 13.2. The van der Waals surface area contributed by atoms with Crippen LogP contribution < -0.4 is 4.74 Å². The van der Waals surface area contributed by atoms with Crippen LogP contribution in [0.1, 0.15) is 11.1 Å². The molecule has 1 aromatic heterocycles. The van der Waals surface area contributed by atoms with E-state index in [1.165, 1.54) is 23.9 Å². The number of methoxy groups -OCH3 is 1. The highest BCUT2D eigenvalue weighted by Gasteiger charge is 2.32. The molecule has 0 atom stereocenters. The SMILES string of the molecule is COCCN1C(=O)C(=Cc2cn(-c3ccccc3)nc2-c2cccc(OCc3ccc(F)cc3)c2)SC1=S. The molecule has 0 radical (unpaired) electrons. The Hall–Kier alpha value is -3.79. The second-order valence-electron chi connectivity index (χ2n) is 8.48. The molecule has 1 aliphatic rings. The van der Waals surface area contributed by atoms with Crippen LogP contribution in [0.5, 0.6) is 5.75 Å². The van der Waals surface area contributed by atoms with Crippen LogP contribution in [0.15, 0.2) is 90.0 Å². The highest BCUT2D eigenvalue weighted by atomic mass is 32.2. The second-order valence-corrected chi connectivity index (χ2v) is 10.2. The largest absolute Gasteiger partial charge is 0.489 e. The number of carbonyl (C=O) groups is 1. The van der Waals surface area contributed by atoms with E-state index in [2.05, 4.69) is 0 Å². The Kier molecular flexibility index (Phi) is 7.97. The number of halogens is 1. The minimum absolute atomic E-state index is 0.146. The molecule has 0 N–H and O–H groups in total. The Morgan fingerprint density at radius 2 is 1.84 bits per heavy atom. The van der Waals surface area contributed by atoms with Crippen LogP contribution in [0.3, 0.4) is 0 Å². The summed E-state index contributed by atoms with van der Waals surface area (Å²) in [6.45, 7) is 1.11. The molecule has 1 saturated heterocycles. The number of hydrogen-bond donors (Lipinski definition) is 0. The molecule has 4 aromatic rings. The lowest BCUT2D eigenvalue weighted by Crippen LogP contribution is -2.31. The van der Waals surface area contributed by atoms with Gasteiger partial charge in [-0.2, -0.15) is 5.10 Å². The molecule has 192 valence electrons. The van der Waals surface area contributed by atoms with E-state index in [1.807, 2.05) is 66.9 Å². The van der Waals surface area contributed by atoms with E-state index in [0.717, 1.165) is 22.4 Å². The quantitative estimate of drug-likeness (QED) is 0.187. The molecule has 38 heavy (non-hydrogen) atoms. The lowest BCUT2D eigenvalue weighted by molar-refractivity contribution is -0.122. The van der Waals surface area contributed by atoms with E-state index in [1.54, 1.807) is 28.8 Å². The van der Waals surface area contributed by atoms with Gasteiger partial charge < -0.3 is 9.47 Å². The number of thiocarbonyl (C=S) groups is 1. The van der Waals surface area contributed by atoms with Gasteiger partial charge in [0, 0.05) is 24.4 Å². The van der Waals surface area contributed by atoms with Gasteiger partial charge in [-0.15, -0.1) is 0 Å². The van der Waals surface area contributed by atoms with Crippen LogP contribution in [0.4, 0.5) is 4.39 Å². The molecule has 0 unspecified atom stereocenters. The number of amides is 1. The molecular weight excluding hydrogens is 521 g/mol. The number of thioether (sulfide) groups is 1. The number of rotatable bonds is 9. The average molecular weight is 546 g/mol. The van der Waals surface area contributed by atoms with E-state index in [9.17, 15) is 9.18 Å². The van der Waals surface area contributed by atoms with Crippen molar-refractivity contribution in [1.82, 2.24) is 14.7 Å². The number of hydrogen-bond acceptors (Lipinski definition) is 6. The normalized spacial score (nSPS) is 14.5. The van der Waals surface area contributed by atoms with Crippen LogP contribution in [-0.2, 0) is 16.1 Å². The van der Waals surface area contributed by atoms with Crippen LogP contribution in [0.2, 0.25) is 0 Å². The third kappa shape index (κ3) is 5.85. The predicted molar refractivity (Wildman–Crippen MR) is 151 cm³/mol. The summed E-state index contributed by atoms with van der Waals surface area (Å²) in [6, 6.07) is 23.6. The average Bonchev–Trinajstić information content (AvgIpc) is 3.48. The van der Waals surface area contributed by atoms with E-state index in [4.69, 9.17) is 26.8 Å². The minimum atomic E-state index is -0.284. The van der Waals surface area contributed by atoms with Crippen molar-refractivity contribution in [2.75, 3.05) is 20.3 Å². The zero-order chi connectivity index (χ0) is 26.5. The van der Waals surface area contributed by atoms with Gasteiger partial charge in [0.2, 0.25) is 0 Å². The topological polar surface area (TPSA) is 56.6 Å². The van der Waals surface area contributed by atoms with Crippen LogP contribution >= 0.6 is 24.0 Å². The number of aromatic nitrogens is 2. The molecule has 9 heteroatoms. The number of benzene rings is 3. The van der Waals surface area contributed by atoms with Gasteiger partial charge in [0.1, 0.15) is 28.2 Å². The van der Waals surface area contributed by atoms with Gasteiger partial charge in [-0.3, -0.25) is 9.69 Å². The van der Waals surface area contributed by atoms with Crippen LogP contribution in [0, 0.1) is 5.82 Å². The lowest BCUT2D eigenvalue weighted by Gasteiger charge is -2.12. The Labute approximate surface area is 229 Å². The van der Waals surface area contributed by atoms with Gasteiger partial charge >= 0.3 is 0 Å². The Bertz CT molecular complexity index is 1490. The second kappa shape index (κ2) is 11.7. The summed E-state index contributed by atoms with van der Waals surface area (Å²) in [7, 11) is 1.59. The van der Waals surface area contributed by atoms with Crippen molar-refractivity contribution < 1.29 is 18.7 Å². The number of ether oxygens (including phenoxy) is 2. The molecule has 0 bridgehead atoms. The number of nitrogens with zero attached hydrogens (tertiary/aromatic N) is 3. The predicted octanol–water partition coefficient (Wildman–Crippen LogP) is 6.11. The van der Waals surface area contributed by atoms with E-state index < -0.39 is 0 Å². The number of para-hydroxylation sites is 1. The first-order chi connectivity index (χ1) is 18.5. The zero-order valence-electron chi connectivity index (χ0n) is 20.5. The fourth-order valence-electron chi connectivity index (χ4n) is 3.93. The molecule has 1 aliphatic heterocycles. The molecular formula is C29H24FN3O3S2. The van der Waals surface area contributed by atoms with Gasteiger partial charge in [0.05, 0.1) is 23.7 Å². The lowest BCUT2D eigenvalue weighted by atomic mass is 10.1. The maximum atomic E-state index is 13.2. The Balaban J connectivity index is 1.48. The standard InChI is InChI=1S/C29H24FN3O3S2/c1-35-15-14-32-28(34)26(38-29(32)37)17-22-18-33(24-7-3-2-4-8-24)31-27(22)21-6-5-9-25(16-21)36-19-20-10-12-23(30)13-11-20/h2-13,16-18H,14-15,19H2,1H3. The smallest absolute Gasteiger partial charge is 0.266 e. The highest BCUT2D eigenvalue weighted by molar-refractivity contribution is 8.26. The molecule has 6 nitrogen and oxygen atoms in total. The first kappa shape index (κ1) is 25.8. The monoisotopic (exact) mass is 545 g/mol. The van der Waals surface area contributed by atoms with Crippen LogP contribution in [-0.4, -0.2) is 45.2 Å². The van der Waals surface area contributed by atoms with Gasteiger partial charge in [0.25, 0.3) is 5.91 Å². The molecule has 5 rings (SSSR count). The van der Waals surface area contributed by atoms with Crippen molar-refractivity contribution in [3.63, 3.8) is 0 Å².